The van der Waals surface area contributed by atoms with Gasteiger partial charge in [0.05, 0.1) is 6.61 Å². The summed E-state index contributed by atoms with van der Waals surface area (Å²) >= 11 is 0. The number of ether oxygens (including phenoxy) is 1. The summed E-state index contributed by atoms with van der Waals surface area (Å²) in [4.78, 5) is 13.7. The van der Waals surface area contributed by atoms with Crippen molar-refractivity contribution < 1.29 is 14.6 Å². The average molecular weight is 239 g/mol. The van der Waals surface area contributed by atoms with E-state index < -0.39 is 11.5 Å². The molecule has 17 heavy (non-hydrogen) atoms. The lowest BCUT2D eigenvalue weighted by Gasteiger charge is -2.57. The molecule has 0 aromatic carbocycles. The molecule has 0 amide bonds. The molecular weight excluding hydrogens is 218 g/mol. The summed E-state index contributed by atoms with van der Waals surface area (Å²) in [7, 11) is 0. The van der Waals surface area contributed by atoms with Crippen molar-refractivity contribution >= 4 is 5.97 Å². The summed E-state index contributed by atoms with van der Waals surface area (Å²) in [6.07, 6.45) is 7.24. The number of hydrogen-bond donors (Lipinski definition) is 1. The molecule has 0 aromatic rings. The van der Waals surface area contributed by atoms with Crippen LogP contribution in [0.2, 0.25) is 0 Å². The molecule has 0 radical (unpaired) electrons. The Labute approximate surface area is 102 Å². The van der Waals surface area contributed by atoms with Gasteiger partial charge in [0.2, 0.25) is 0 Å². The van der Waals surface area contributed by atoms with E-state index in [0.717, 1.165) is 13.1 Å². The molecule has 1 unspecified atom stereocenters. The summed E-state index contributed by atoms with van der Waals surface area (Å²) in [5.74, 6) is -0.694. The smallest absolute Gasteiger partial charge is 0.326 e. The Morgan fingerprint density at radius 1 is 1.12 bits per heavy atom. The van der Waals surface area contributed by atoms with Crippen LogP contribution in [0, 0.1) is 5.41 Å². The molecule has 2 aliphatic heterocycles. The second-order valence-corrected chi connectivity index (χ2v) is 6.06. The summed E-state index contributed by atoms with van der Waals surface area (Å²) in [6.45, 7) is 2.92. The molecule has 1 aliphatic carbocycles. The van der Waals surface area contributed by atoms with Crippen LogP contribution in [0.4, 0.5) is 0 Å². The van der Waals surface area contributed by atoms with E-state index in [1.807, 2.05) is 0 Å². The van der Waals surface area contributed by atoms with Gasteiger partial charge < -0.3 is 9.84 Å². The zero-order valence-corrected chi connectivity index (χ0v) is 10.3. The van der Waals surface area contributed by atoms with Gasteiger partial charge in [-0.05, 0) is 18.3 Å². The highest BCUT2D eigenvalue weighted by atomic mass is 16.5. The minimum absolute atomic E-state index is 0.373. The molecular formula is C13H21NO3. The Bertz CT molecular complexity index is 309. The lowest BCUT2D eigenvalue weighted by molar-refractivity contribution is -0.165. The van der Waals surface area contributed by atoms with E-state index in [4.69, 9.17) is 4.74 Å². The summed E-state index contributed by atoms with van der Waals surface area (Å²) in [5.41, 5.74) is -0.258. The normalized spacial score (nSPS) is 36.9. The molecule has 2 saturated heterocycles. The van der Waals surface area contributed by atoms with Crippen molar-refractivity contribution in [3.8, 4) is 0 Å². The van der Waals surface area contributed by atoms with E-state index in [9.17, 15) is 9.90 Å². The van der Waals surface area contributed by atoms with Crippen LogP contribution in [0.5, 0.6) is 0 Å². The van der Waals surface area contributed by atoms with Crippen molar-refractivity contribution in [2.24, 2.45) is 5.41 Å². The van der Waals surface area contributed by atoms with E-state index in [0.29, 0.717) is 25.0 Å². The molecule has 4 nitrogen and oxygen atoms in total. The van der Waals surface area contributed by atoms with Crippen molar-refractivity contribution in [2.45, 2.75) is 44.1 Å². The Morgan fingerprint density at radius 2 is 1.82 bits per heavy atom. The Kier molecular flexibility index (Phi) is 2.67. The molecule has 1 spiro atoms. The molecule has 1 N–H and O–H groups in total. The van der Waals surface area contributed by atoms with Crippen molar-refractivity contribution in [2.75, 3.05) is 26.3 Å². The van der Waals surface area contributed by atoms with Crippen LogP contribution in [0.1, 0.15) is 38.5 Å². The number of aliphatic carboxylic acids is 1. The highest BCUT2D eigenvalue weighted by Gasteiger charge is 2.56. The Morgan fingerprint density at radius 3 is 2.35 bits per heavy atom. The third-order valence-electron chi connectivity index (χ3n) is 4.97. The highest BCUT2D eigenvalue weighted by Crippen LogP contribution is 2.47. The lowest BCUT2D eigenvalue weighted by Crippen LogP contribution is -2.68. The largest absolute Gasteiger partial charge is 0.480 e. The van der Waals surface area contributed by atoms with Gasteiger partial charge in [0.15, 0.2) is 0 Å². The van der Waals surface area contributed by atoms with Gasteiger partial charge in [-0.25, -0.2) is 0 Å². The van der Waals surface area contributed by atoms with Crippen LogP contribution in [0.3, 0.4) is 0 Å². The molecule has 0 aromatic heterocycles. The molecule has 96 valence electrons. The van der Waals surface area contributed by atoms with Crippen LogP contribution in [0.15, 0.2) is 0 Å². The first kappa shape index (κ1) is 11.5. The van der Waals surface area contributed by atoms with Crippen molar-refractivity contribution in [1.82, 2.24) is 4.90 Å². The van der Waals surface area contributed by atoms with Crippen molar-refractivity contribution in [1.29, 1.82) is 0 Å². The second kappa shape index (κ2) is 3.95. The zero-order valence-electron chi connectivity index (χ0n) is 10.3. The van der Waals surface area contributed by atoms with E-state index in [2.05, 4.69) is 4.90 Å². The number of hydrogen-bond acceptors (Lipinski definition) is 3. The van der Waals surface area contributed by atoms with Crippen LogP contribution < -0.4 is 0 Å². The first-order valence-electron chi connectivity index (χ1n) is 6.73. The molecule has 3 aliphatic rings. The van der Waals surface area contributed by atoms with Gasteiger partial charge in [0.1, 0.15) is 5.54 Å². The fraction of sp³-hybridized carbons (Fsp3) is 0.923. The molecule has 2 heterocycles. The van der Waals surface area contributed by atoms with Crippen LogP contribution in [-0.2, 0) is 9.53 Å². The third kappa shape index (κ3) is 1.69. The predicted molar refractivity (Wildman–Crippen MR) is 62.9 cm³/mol. The molecule has 1 atom stereocenters. The first-order chi connectivity index (χ1) is 8.17. The number of likely N-dealkylation sites (tertiary alicyclic amines) is 1. The SMILES string of the molecule is O=C(O)C1(N2CC3(CCCCC3)C2)CCOC1. The van der Waals surface area contributed by atoms with Gasteiger partial charge >= 0.3 is 5.97 Å². The Balaban J connectivity index is 1.68. The number of nitrogens with zero attached hydrogens (tertiary/aromatic N) is 1. The standard InChI is InChI=1S/C13H21NO3/c15-11(16)13(6-7-17-10-13)14-8-12(9-14)4-2-1-3-5-12/h1-10H2,(H,15,16). The van der Waals surface area contributed by atoms with E-state index in [-0.39, 0.29) is 0 Å². The van der Waals surface area contributed by atoms with Crippen LogP contribution >= 0.6 is 0 Å². The fourth-order valence-electron chi connectivity index (χ4n) is 3.79. The predicted octanol–water partition coefficient (Wildman–Crippen LogP) is 1.50. The third-order valence-corrected chi connectivity index (χ3v) is 4.97. The molecule has 4 heteroatoms. The van der Waals surface area contributed by atoms with Crippen molar-refractivity contribution in [3.63, 3.8) is 0 Å². The number of rotatable bonds is 2. The average Bonchev–Trinajstić information content (AvgIpc) is 2.77. The van der Waals surface area contributed by atoms with Gasteiger partial charge in [-0.3, -0.25) is 9.69 Å². The summed E-state index contributed by atoms with van der Waals surface area (Å²) in [6, 6.07) is 0. The van der Waals surface area contributed by atoms with Gasteiger partial charge in [-0.1, -0.05) is 19.3 Å². The fourth-order valence-corrected chi connectivity index (χ4v) is 3.79. The second-order valence-electron chi connectivity index (χ2n) is 6.06. The highest BCUT2D eigenvalue weighted by molar-refractivity contribution is 5.79. The monoisotopic (exact) mass is 239 g/mol. The van der Waals surface area contributed by atoms with E-state index >= 15 is 0 Å². The summed E-state index contributed by atoms with van der Waals surface area (Å²) < 4.78 is 5.33. The van der Waals surface area contributed by atoms with Crippen molar-refractivity contribution in [3.05, 3.63) is 0 Å². The number of carboxylic acid groups (broad SMARTS) is 1. The Hall–Kier alpha value is -0.610. The van der Waals surface area contributed by atoms with Gasteiger partial charge in [0.25, 0.3) is 0 Å². The summed E-state index contributed by atoms with van der Waals surface area (Å²) in [5, 5.41) is 9.46. The minimum Gasteiger partial charge on any atom is -0.480 e. The molecule has 3 rings (SSSR count). The van der Waals surface area contributed by atoms with Crippen LogP contribution in [0.25, 0.3) is 0 Å². The molecule has 0 bridgehead atoms. The maximum absolute atomic E-state index is 11.5. The van der Waals surface area contributed by atoms with E-state index in [1.54, 1.807) is 0 Å². The van der Waals surface area contributed by atoms with Crippen LogP contribution in [-0.4, -0.2) is 47.8 Å². The number of carboxylic acids is 1. The maximum Gasteiger partial charge on any atom is 0.326 e. The topological polar surface area (TPSA) is 49.8 Å². The van der Waals surface area contributed by atoms with E-state index in [1.165, 1.54) is 32.1 Å². The maximum atomic E-state index is 11.5. The van der Waals surface area contributed by atoms with Gasteiger partial charge in [-0.2, -0.15) is 0 Å². The number of carbonyl (C=O) groups is 1. The zero-order chi connectivity index (χ0) is 11.9. The minimum atomic E-state index is -0.706. The molecule has 1 saturated carbocycles. The van der Waals surface area contributed by atoms with Gasteiger partial charge in [0, 0.05) is 26.1 Å². The van der Waals surface area contributed by atoms with Gasteiger partial charge in [-0.15, -0.1) is 0 Å². The molecule has 3 fully saturated rings. The lowest BCUT2D eigenvalue weighted by atomic mass is 9.67. The quantitative estimate of drug-likeness (QED) is 0.793. The first-order valence-corrected chi connectivity index (χ1v) is 6.73.